The van der Waals surface area contributed by atoms with Gasteiger partial charge in [0.05, 0.1) is 11.7 Å². The average Bonchev–Trinajstić information content (AvgIpc) is 2.69. The lowest BCUT2D eigenvalue weighted by Crippen LogP contribution is -2.17. The van der Waals surface area contributed by atoms with E-state index in [9.17, 15) is 0 Å². The molecule has 0 saturated carbocycles. The molecule has 2 rings (SSSR count). The highest BCUT2D eigenvalue weighted by atomic mass is 35.5. The van der Waals surface area contributed by atoms with Crippen LogP contribution in [0, 0.1) is 6.92 Å². The van der Waals surface area contributed by atoms with Gasteiger partial charge in [0.1, 0.15) is 0 Å². The van der Waals surface area contributed by atoms with Crippen LogP contribution in [0.2, 0.25) is 5.02 Å². The van der Waals surface area contributed by atoms with Crippen molar-refractivity contribution in [1.29, 1.82) is 0 Å². The summed E-state index contributed by atoms with van der Waals surface area (Å²) in [7, 11) is 0. The summed E-state index contributed by atoms with van der Waals surface area (Å²) in [6, 6.07) is 8.44. The van der Waals surface area contributed by atoms with E-state index in [0.29, 0.717) is 6.04 Å². The predicted molar refractivity (Wildman–Crippen MR) is 81.0 cm³/mol. The number of nitrogens with zero attached hydrogens (tertiary/aromatic N) is 2. The SMILES string of the molecule is Cc1cn(C(C)c2ccccc2Cl)c(NC(C)C)n1. The van der Waals surface area contributed by atoms with Crippen molar-refractivity contribution in [3.8, 4) is 0 Å². The van der Waals surface area contributed by atoms with Crippen LogP contribution in [0.1, 0.15) is 38.1 Å². The van der Waals surface area contributed by atoms with Gasteiger partial charge in [0.25, 0.3) is 0 Å². The molecule has 0 saturated heterocycles. The van der Waals surface area contributed by atoms with E-state index in [-0.39, 0.29) is 6.04 Å². The zero-order chi connectivity index (χ0) is 14.0. The third-order valence-corrected chi connectivity index (χ3v) is 3.39. The van der Waals surface area contributed by atoms with Crippen LogP contribution < -0.4 is 5.32 Å². The third kappa shape index (κ3) is 3.10. The molecule has 0 bridgehead atoms. The third-order valence-electron chi connectivity index (χ3n) is 3.04. The number of benzene rings is 1. The van der Waals surface area contributed by atoms with Gasteiger partial charge in [-0.3, -0.25) is 0 Å². The number of anilines is 1. The summed E-state index contributed by atoms with van der Waals surface area (Å²) < 4.78 is 2.14. The Balaban J connectivity index is 2.38. The number of imidazole rings is 1. The second kappa shape index (κ2) is 5.66. The lowest BCUT2D eigenvalue weighted by atomic mass is 10.1. The molecule has 1 atom stereocenters. The maximum Gasteiger partial charge on any atom is 0.203 e. The number of hydrogen-bond acceptors (Lipinski definition) is 2. The molecule has 0 aliphatic rings. The van der Waals surface area contributed by atoms with E-state index >= 15 is 0 Å². The number of aryl methyl sites for hydroxylation is 1. The summed E-state index contributed by atoms with van der Waals surface area (Å²) in [4.78, 5) is 4.54. The topological polar surface area (TPSA) is 29.9 Å². The molecule has 2 aromatic rings. The molecule has 102 valence electrons. The first-order chi connectivity index (χ1) is 8.99. The average molecular weight is 278 g/mol. The minimum atomic E-state index is 0.149. The summed E-state index contributed by atoms with van der Waals surface area (Å²) in [5.74, 6) is 0.889. The molecule has 3 nitrogen and oxygen atoms in total. The summed E-state index contributed by atoms with van der Waals surface area (Å²) in [5, 5.41) is 4.16. The number of halogens is 1. The number of aromatic nitrogens is 2. The van der Waals surface area contributed by atoms with Gasteiger partial charge < -0.3 is 9.88 Å². The van der Waals surface area contributed by atoms with E-state index in [2.05, 4.69) is 47.9 Å². The molecule has 1 N–H and O–H groups in total. The number of nitrogens with one attached hydrogen (secondary N) is 1. The Morgan fingerprint density at radius 1 is 1.21 bits per heavy atom. The van der Waals surface area contributed by atoms with Crippen LogP contribution in [-0.4, -0.2) is 15.6 Å². The van der Waals surface area contributed by atoms with Gasteiger partial charge in [0.2, 0.25) is 5.95 Å². The summed E-state index contributed by atoms with van der Waals surface area (Å²) in [6.07, 6.45) is 2.05. The molecule has 4 heteroatoms. The molecular formula is C15H20ClN3. The molecule has 1 unspecified atom stereocenters. The van der Waals surface area contributed by atoms with Gasteiger partial charge in [-0.2, -0.15) is 0 Å². The summed E-state index contributed by atoms with van der Waals surface area (Å²) >= 11 is 6.28. The quantitative estimate of drug-likeness (QED) is 0.904. The Morgan fingerprint density at radius 2 is 1.89 bits per heavy atom. The molecule has 0 fully saturated rings. The van der Waals surface area contributed by atoms with Gasteiger partial charge in [0, 0.05) is 17.3 Å². The molecule has 0 radical (unpaired) electrons. The second-order valence-corrected chi connectivity index (χ2v) is 5.52. The second-order valence-electron chi connectivity index (χ2n) is 5.11. The Morgan fingerprint density at radius 3 is 2.53 bits per heavy atom. The Labute approximate surface area is 119 Å². The van der Waals surface area contributed by atoms with E-state index < -0.39 is 0 Å². The molecule has 19 heavy (non-hydrogen) atoms. The normalized spacial score (nSPS) is 12.7. The van der Waals surface area contributed by atoms with Gasteiger partial charge in [-0.15, -0.1) is 0 Å². The first kappa shape index (κ1) is 13.9. The minimum Gasteiger partial charge on any atom is -0.353 e. The van der Waals surface area contributed by atoms with E-state index in [1.165, 1.54) is 0 Å². The molecule has 0 spiro atoms. The maximum atomic E-state index is 6.28. The van der Waals surface area contributed by atoms with E-state index in [1.54, 1.807) is 0 Å². The molecule has 1 aromatic heterocycles. The van der Waals surface area contributed by atoms with Crippen LogP contribution >= 0.6 is 11.6 Å². The highest BCUT2D eigenvalue weighted by Gasteiger charge is 2.16. The fourth-order valence-corrected chi connectivity index (χ4v) is 2.43. The lowest BCUT2D eigenvalue weighted by Gasteiger charge is -2.19. The summed E-state index contributed by atoms with van der Waals surface area (Å²) in [5.41, 5.74) is 2.11. The van der Waals surface area contributed by atoms with Gasteiger partial charge in [-0.05, 0) is 39.3 Å². The molecule has 1 aromatic carbocycles. The van der Waals surface area contributed by atoms with Crippen molar-refractivity contribution in [2.45, 2.75) is 39.8 Å². The van der Waals surface area contributed by atoms with Crippen LogP contribution in [0.4, 0.5) is 5.95 Å². The van der Waals surface area contributed by atoms with Crippen molar-refractivity contribution in [1.82, 2.24) is 9.55 Å². The van der Waals surface area contributed by atoms with Crippen LogP contribution in [0.25, 0.3) is 0 Å². The molecule has 0 amide bonds. The monoisotopic (exact) mass is 277 g/mol. The molecule has 1 heterocycles. The lowest BCUT2D eigenvalue weighted by molar-refractivity contribution is 0.638. The van der Waals surface area contributed by atoms with E-state index in [0.717, 1.165) is 22.2 Å². The van der Waals surface area contributed by atoms with Crippen LogP contribution in [0.15, 0.2) is 30.5 Å². The van der Waals surface area contributed by atoms with Gasteiger partial charge >= 0.3 is 0 Å². The highest BCUT2D eigenvalue weighted by Crippen LogP contribution is 2.28. The fourth-order valence-electron chi connectivity index (χ4n) is 2.14. The zero-order valence-corrected chi connectivity index (χ0v) is 12.6. The van der Waals surface area contributed by atoms with Gasteiger partial charge in [0.15, 0.2) is 0 Å². The van der Waals surface area contributed by atoms with E-state index in [1.807, 2.05) is 25.1 Å². The minimum absolute atomic E-state index is 0.149. The van der Waals surface area contributed by atoms with Gasteiger partial charge in [-0.1, -0.05) is 29.8 Å². The van der Waals surface area contributed by atoms with E-state index in [4.69, 9.17) is 11.6 Å². The molecule has 0 aliphatic carbocycles. The zero-order valence-electron chi connectivity index (χ0n) is 11.8. The van der Waals surface area contributed by atoms with Crippen molar-refractivity contribution >= 4 is 17.5 Å². The van der Waals surface area contributed by atoms with Crippen LogP contribution in [-0.2, 0) is 0 Å². The fraction of sp³-hybridized carbons (Fsp3) is 0.400. The van der Waals surface area contributed by atoms with Crippen molar-refractivity contribution < 1.29 is 0 Å². The maximum absolute atomic E-state index is 6.28. The van der Waals surface area contributed by atoms with Crippen LogP contribution in [0.3, 0.4) is 0 Å². The Bertz CT molecular complexity index is 560. The van der Waals surface area contributed by atoms with Gasteiger partial charge in [-0.25, -0.2) is 4.98 Å². The predicted octanol–water partition coefficient (Wildman–Crippen LogP) is 4.27. The van der Waals surface area contributed by atoms with Crippen molar-refractivity contribution in [3.05, 3.63) is 46.7 Å². The molecular weight excluding hydrogens is 258 g/mol. The van der Waals surface area contributed by atoms with Crippen molar-refractivity contribution in [2.75, 3.05) is 5.32 Å². The smallest absolute Gasteiger partial charge is 0.203 e. The van der Waals surface area contributed by atoms with Crippen molar-refractivity contribution in [3.63, 3.8) is 0 Å². The first-order valence-electron chi connectivity index (χ1n) is 6.55. The first-order valence-corrected chi connectivity index (χ1v) is 6.93. The standard InChI is InChI=1S/C15H20ClN3/c1-10(2)17-15-18-11(3)9-19(15)12(4)13-7-5-6-8-14(13)16/h5-10,12H,1-4H3,(H,17,18). The largest absolute Gasteiger partial charge is 0.353 e. The van der Waals surface area contributed by atoms with Crippen molar-refractivity contribution in [2.24, 2.45) is 0 Å². The highest BCUT2D eigenvalue weighted by molar-refractivity contribution is 6.31. The summed E-state index contributed by atoms with van der Waals surface area (Å²) in [6.45, 7) is 8.35. The number of hydrogen-bond donors (Lipinski definition) is 1. The Kier molecular flexibility index (Phi) is 4.15. The molecule has 0 aliphatic heterocycles. The van der Waals surface area contributed by atoms with Crippen LogP contribution in [0.5, 0.6) is 0 Å². The Hall–Kier alpha value is -1.48. The number of rotatable bonds is 4.